The Kier molecular flexibility index (Phi) is 4.82. The third-order valence-corrected chi connectivity index (χ3v) is 6.44. The number of fused-ring (bicyclic) bond motifs is 1. The van der Waals surface area contributed by atoms with Gasteiger partial charge in [0, 0.05) is 29.3 Å². The Bertz CT molecular complexity index is 1040. The van der Waals surface area contributed by atoms with Gasteiger partial charge >= 0.3 is 0 Å². The fourth-order valence-corrected chi connectivity index (χ4v) is 4.84. The van der Waals surface area contributed by atoms with Gasteiger partial charge in [0.15, 0.2) is 0 Å². The minimum Gasteiger partial charge on any atom is -0.379 e. The summed E-state index contributed by atoms with van der Waals surface area (Å²) in [4.78, 5) is 14.5. The van der Waals surface area contributed by atoms with Crippen LogP contribution >= 0.6 is 0 Å². The molecule has 6 heteroatoms. The van der Waals surface area contributed by atoms with E-state index in [1.54, 1.807) is 6.20 Å². The van der Waals surface area contributed by atoms with Crippen LogP contribution in [0, 0.1) is 5.41 Å². The molecule has 0 unspecified atom stereocenters. The SMILES string of the molecule is CN(C)[C@H]1CC[C@@H](Nc2c(C(N)=O)cnn3cc(-c4ccccc4)cc23)C1(C)C. The van der Waals surface area contributed by atoms with Gasteiger partial charge in [-0.3, -0.25) is 4.79 Å². The van der Waals surface area contributed by atoms with Gasteiger partial charge in [0.1, 0.15) is 0 Å². The van der Waals surface area contributed by atoms with Gasteiger partial charge in [-0.15, -0.1) is 0 Å². The Morgan fingerprint density at radius 1 is 1.21 bits per heavy atom. The van der Waals surface area contributed by atoms with Gasteiger partial charge in [0.05, 0.1) is 23.0 Å². The van der Waals surface area contributed by atoms with Crippen LogP contribution in [-0.4, -0.2) is 46.6 Å². The lowest BCUT2D eigenvalue weighted by Gasteiger charge is -2.37. The first-order valence-electron chi connectivity index (χ1n) is 10.1. The van der Waals surface area contributed by atoms with Crippen molar-refractivity contribution in [3.05, 3.63) is 54.4 Å². The number of rotatable bonds is 5. The van der Waals surface area contributed by atoms with Crippen LogP contribution in [0.3, 0.4) is 0 Å². The van der Waals surface area contributed by atoms with E-state index in [0.29, 0.717) is 11.6 Å². The Morgan fingerprint density at radius 3 is 2.55 bits per heavy atom. The first kappa shape index (κ1) is 19.5. The molecule has 2 heterocycles. The summed E-state index contributed by atoms with van der Waals surface area (Å²) in [6.07, 6.45) is 5.71. The highest BCUT2D eigenvalue weighted by Gasteiger charge is 2.44. The zero-order valence-electron chi connectivity index (χ0n) is 17.5. The maximum atomic E-state index is 12.2. The molecule has 1 amide bonds. The number of primary amides is 1. The van der Waals surface area contributed by atoms with Crippen LogP contribution in [0.15, 0.2) is 48.8 Å². The molecule has 2 aromatic heterocycles. The first-order valence-corrected chi connectivity index (χ1v) is 10.1. The molecule has 152 valence electrons. The molecule has 0 bridgehead atoms. The van der Waals surface area contributed by atoms with Crippen LogP contribution in [0.1, 0.15) is 37.0 Å². The number of hydrogen-bond acceptors (Lipinski definition) is 4. The fraction of sp³-hybridized carbons (Fsp3) is 0.391. The Labute approximate surface area is 171 Å². The maximum Gasteiger partial charge on any atom is 0.252 e. The number of nitrogens with two attached hydrogens (primary N) is 1. The van der Waals surface area contributed by atoms with E-state index in [9.17, 15) is 4.79 Å². The van der Waals surface area contributed by atoms with E-state index in [2.05, 4.69) is 61.5 Å². The van der Waals surface area contributed by atoms with E-state index in [1.807, 2.05) is 28.9 Å². The molecule has 4 rings (SSSR count). The number of nitrogens with one attached hydrogen (secondary N) is 1. The summed E-state index contributed by atoms with van der Waals surface area (Å²) in [6, 6.07) is 12.9. The van der Waals surface area contributed by atoms with Gasteiger partial charge in [-0.2, -0.15) is 5.10 Å². The molecule has 2 atom stereocenters. The topological polar surface area (TPSA) is 75.7 Å². The van der Waals surface area contributed by atoms with E-state index in [4.69, 9.17) is 5.73 Å². The standard InChI is InChI=1S/C23H29N5O/c1-23(2)19(10-11-20(23)27(3)4)26-21-17(22(24)29)13-25-28-14-16(12-18(21)28)15-8-6-5-7-9-15/h5-9,12-14,19-20,26H,10-11H2,1-4H3,(H2,24,29)/t19-,20+/m1/s1. The van der Waals surface area contributed by atoms with Crippen LogP contribution in [0.4, 0.5) is 5.69 Å². The predicted molar refractivity (Wildman–Crippen MR) is 117 cm³/mol. The first-order chi connectivity index (χ1) is 13.8. The summed E-state index contributed by atoms with van der Waals surface area (Å²) in [6.45, 7) is 4.58. The zero-order chi connectivity index (χ0) is 20.8. The molecular formula is C23H29N5O. The molecule has 1 aliphatic carbocycles. The number of aromatic nitrogens is 2. The maximum absolute atomic E-state index is 12.2. The van der Waals surface area contributed by atoms with Gasteiger partial charge in [0.2, 0.25) is 0 Å². The summed E-state index contributed by atoms with van der Waals surface area (Å²) in [5.74, 6) is -0.468. The van der Waals surface area contributed by atoms with Gasteiger partial charge < -0.3 is 16.0 Å². The van der Waals surface area contributed by atoms with Crippen LogP contribution < -0.4 is 11.1 Å². The minimum atomic E-state index is -0.468. The molecule has 3 aromatic rings. The number of benzene rings is 1. The van der Waals surface area contributed by atoms with E-state index in [1.165, 1.54) is 0 Å². The normalized spacial score (nSPS) is 21.0. The average molecular weight is 392 g/mol. The zero-order valence-corrected chi connectivity index (χ0v) is 17.5. The molecule has 0 saturated heterocycles. The number of hydrogen-bond donors (Lipinski definition) is 2. The van der Waals surface area contributed by atoms with Crippen LogP contribution in [0.5, 0.6) is 0 Å². The van der Waals surface area contributed by atoms with Crippen LogP contribution in [0.25, 0.3) is 16.6 Å². The van der Waals surface area contributed by atoms with Crippen LogP contribution in [-0.2, 0) is 0 Å². The Hall–Kier alpha value is -2.86. The highest BCUT2D eigenvalue weighted by Crippen LogP contribution is 2.42. The number of carbonyl (C=O) groups is 1. The number of carbonyl (C=O) groups excluding carboxylic acids is 1. The highest BCUT2D eigenvalue weighted by molar-refractivity contribution is 6.02. The van der Waals surface area contributed by atoms with Gasteiger partial charge in [0.25, 0.3) is 5.91 Å². The second-order valence-electron chi connectivity index (χ2n) is 8.80. The van der Waals surface area contributed by atoms with Crippen LogP contribution in [0.2, 0.25) is 0 Å². The fourth-order valence-electron chi connectivity index (χ4n) is 4.84. The molecule has 1 aliphatic rings. The smallest absolute Gasteiger partial charge is 0.252 e. The van der Waals surface area contributed by atoms with Crippen molar-refractivity contribution < 1.29 is 4.79 Å². The van der Waals surface area contributed by atoms with Crippen molar-refractivity contribution in [2.45, 2.75) is 38.8 Å². The molecular weight excluding hydrogens is 362 g/mol. The molecule has 1 saturated carbocycles. The van der Waals surface area contributed by atoms with E-state index < -0.39 is 5.91 Å². The largest absolute Gasteiger partial charge is 0.379 e. The summed E-state index contributed by atoms with van der Waals surface area (Å²) >= 11 is 0. The van der Waals surface area contributed by atoms with E-state index in [-0.39, 0.29) is 11.5 Å². The third kappa shape index (κ3) is 3.38. The highest BCUT2D eigenvalue weighted by atomic mass is 16.1. The molecule has 0 aliphatic heterocycles. The second-order valence-corrected chi connectivity index (χ2v) is 8.80. The molecule has 3 N–H and O–H groups in total. The lowest BCUT2D eigenvalue weighted by molar-refractivity contribution is 0.100. The minimum absolute atomic E-state index is 0.0491. The second kappa shape index (κ2) is 7.19. The summed E-state index contributed by atoms with van der Waals surface area (Å²) in [7, 11) is 4.26. The summed E-state index contributed by atoms with van der Waals surface area (Å²) in [5, 5.41) is 8.12. The molecule has 29 heavy (non-hydrogen) atoms. The van der Waals surface area contributed by atoms with Crippen molar-refractivity contribution in [2.75, 3.05) is 19.4 Å². The molecule has 1 fully saturated rings. The number of nitrogens with zero attached hydrogens (tertiary/aromatic N) is 3. The quantitative estimate of drug-likeness (QED) is 0.696. The molecule has 0 spiro atoms. The van der Waals surface area contributed by atoms with Crippen molar-refractivity contribution in [2.24, 2.45) is 11.1 Å². The molecule has 1 aromatic carbocycles. The van der Waals surface area contributed by atoms with Gasteiger partial charge in [-0.25, -0.2) is 4.52 Å². The van der Waals surface area contributed by atoms with E-state index in [0.717, 1.165) is 35.2 Å². The Morgan fingerprint density at radius 2 is 1.93 bits per heavy atom. The predicted octanol–water partition coefficient (Wildman–Crippen LogP) is 3.63. The van der Waals surface area contributed by atoms with E-state index >= 15 is 0 Å². The van der Waals surface area contributed by atoms with Gasteiger partial charge in [-0.05, 0) is 38.6 Å². The van der Waals surface area contributed by atoms with Crippen molar-refractivity contribution >= 4 is 17.1 Å². The van der Waals surface area contributed by atoms with Crippen molar-refractivity contribution in [3.8, 4) is 11.1 Å². The van der Waals surface area contributed by atoms with Crippen molar-refractivity contribution in [1.29, 1.82) is 0 Å². The summed E-state index contributed by atoms with van der Waals surface area (Å²) < 4.78 is 1.82. The molecule has 0 radical (unpaired) electrons. The average Bonchev–Trinajstić information content (AvgIpc) is 3.23. The Balaban J connectivity index is 1.79. The lowest BCUT2D eigenvalue weighted by Crippen LogP contribution is -2.44. The third-order valence-electron chi connectivity index (χ3n) is 6.44. The molecule has 6 nitrogen and oxygen atoms in total. The number of anilines is 1. The van der Waals surface area contributed by atoms with Crippen molar-refractivity contribution in [3.63, 3.8) is 0 Å². The number of amides is 1. The lowest BCUT2D eigenvalue weighted by atomic mass is 9.83. The van der Waals surface area contributed by atoms with Gasteiger partial charge in [-0.1, -0.05) is 44.2 Å². The van der Waals surface area contributed by atoms with Crippen molar-refractivity contribution in [1.82, 2.24) is 14.5 Å². The summed E-state index contributed by atoms with van der Waals surface area (Å²) in [5.41, 5.74) is 9.98. The monoisotopic (exact) mass is 391 g/mol.